The highest BCUT2D eigenvalue weighted by Gasteiger charge is 2.08. The van der Waals surface area contributed by atoms with Gasteiger partial charge in [0.05, 0.1) is 5.75 Å². The zero-order valence-electron chi connectivity index (χ0n) is 9.22. The zero-order chi connectivity index (χ0) is 12.0. The van der Waals surface area contributed by atoms with Gasteiger partial charge in [-0.05, 0) is 24.1 Å². The summed E-state index contributed by atoms with van der Waals surface area (Å²) >= 11 is 0. The highest BCUT2D eigenvalue weighted by atomic mass is 32.2. The number of carbonyl (C=O) groups excluding carboxylic acids is 1. The Morgan fingerprint density at radius 1 is 1.25 bits per heavy atom. The molecule has 0 radical (unpaired) electrons. The van der Waals surface area contributed by atoms with Gasteiger partial charge in [0, 0.05) is 31.5 Å². The first-order chi connectivity index (χ1) is 7.47. The number of carbonyl (C=O) groups is 1. The van der Waals surface area contributed by atoms with Crippen LogP contribution in [0.4, 0.5) is 0 Å². The molecule has 0 saturated carbocycles. The first-order valence-corrected chi connectivity index (χ1v) is 7.12. The molecule has 0 N–H and O–H groups in total. The number of aromatic nitrogens is 1. The van der Waals surface area contributed by atoms with Crippen LogP contribution in [0.15, 0.2) is 24.5 Å². The van der Waals surface area contributed by atoms with E-state index in [1.807, 2.05) is 12.1 Å². The van der Waals surface area contributed by atoms with E-state index in [0.717, 1.165) is 11.8 Å². The van der Waals surface area contributed by atoms with Gasteiger partial charge in [-0.1, -0.05) is 0 Å². The summed E-state index contributed by atoms with van der Waals surface area (Å²) in [7, 11) is -3.03. The molecule has 0 fully saturated rings. The molecular weight excluding hydrogens is 226 g/mol. The minimum Gasteiger partial charge on any atom is -0.300 e. The van der Waals surface area contributed by atoms with Crippen LogP contribution in [0.3, 0.4) is 0 Å². The molecule has 0 aromatic carbocycles. The maximum absolute atomic E-state index is 11.4. The van der Waals surface area contributed by atoms with Crippen molar-refractivity contribution < 1.29 is 13.2 Å². The fraction of sp³-hybridized carbons (Fsp3) is 0.455. The second-order valence-corrected chi connectivity index (χ2v) is 6.03. The predicted molar refractivity (Wildman–Crippen MR) is 61.9 cm³/mol. The average Bonchev–Trinajstić information content (AvgIpc) is 2.24. The van der Waals surface area contributed by atoms with Crippen molar-refractivity contribution in [2.75, 3.05) is 12.0 Å². The summed E-state index contributed by atoms with van der Waals surface area (Å²) < 4.78 is 21.7. The Hall–Kier alpha value is -1.23. The van der Waals surface area contributed by atoms with Crippen molar-refractivity contribution in [1.82, 2.24) is 4.98 Å². The number of nitrogens with zero attached hydrogens (tertiary/aromatic N) is 1. The third kappa shape index (κ3) is 5.60. The Balaban J connectivity index is 2.31. The summed E-state index contributed by atoms with van der Waals surface area (Å²) in [5.74, 6) is -0.0652. The number of aryl methyl sites for hydroxylation is 1. The predicted octanol–water partition coefficient (Wildman–Crippen LogP) is 1.02. The number of pyridine rings is 1. The van der Waals surface area contributed by atoms with Crippen molar-refractivity contribution in [2.24, 2.45) is 0 Å². The van der Waals surface area contributed by atoms with Gasteiger partial charge in [0.2, 0.25) is 0 Å². The Bertz CT molecular complexity index is 440. The lowest BCUT2D eigenvalue weighted by atomic mass is 10.1. The van der Waals surface area contributed by atoms with Crippen LogP contribution in [-0.2, 0) is 21.1 Å². The van der Waals surface area contributed by atoms with Crippen LogP contribution in [0.2, 0.25) is 0 Å². The third-order valence-corrected chi connectivity index (χ3v) is 3.14. The zero-order valence-corrected chi connectivity index (χ0v) is 10.0. The fourth-order valence-electron chi connectivity index (χ4n) is 1.26. The SMILES string of the molecule is CS(=O)(=O)CCC(=O)CCc1ccncc1. The van der Waals surface area contributed by atoms with Crippen LogP contribution < -0.4 is 0 Å². The molecular formula is C11H15NO3S. The molecule has 5 heteroatoms. The molecule has 16 heavy (non-hydrogen) atoms. The molecule has 1 aromatic heterocycles. The molecule has 0 bridgehead atoms. The highest BCUT2D eigenvalue weighted by Crippen LogP contribution is 2.03. The van der Waals surface area contributed by atoms with Crippen LogP contribution in [0.1, 0.15) is 18.4 Å². The van der Waals surface area contributed by atoms with E-state index in [4.69, 9.17) is 0 Å². The van der Waals surface area contributed by atoms with E-state index in [1.165, 1.54) is 0 Å². The molecule has 0 spiro atoms. The van der Waals surface area contributed by atoms with Gasteiger partial charge in [-0.3, -0.25) is 9.78 Å². The lowest BCUT2D eigenvalue weighted by molar-refractivity contribution is -0.118. The Kier molecular flexibility index (Phi) is 4.61. The van der Waals surface area contributed by atoms with E-state index in [1.54, 1.807) is 12.4 Å². The van der Waals surface area contributed by atoms with E-state index in [2.05, 4.69) is 4.98 Å². The van der Waals surface area contributed by atoms with Crippen molar-refractivity contribution in [3.05, 3.63) is 30.1 Å². The van der Waals surface area contributed by atoms with Gasteiger partial charge < -0.3 is 0 Å². The van der Waals surface area contributed by atoms with Gasteiger partial charge in [-0.15, -0.1) is 0 Å². The third-order valence-electron chi connectivity index (χ3n) is 2.19. The maximum atomic E-state index is 11.4. The molecule has 0 aliphatic carbocycles. The van der Waals surface area contributed by atoms with Gasteiger partial charge >= 0.3 is 0 Å². The fourth-order valence-corrected chi connectivity index (χ4v) is 1.86. The first kappa shape index (κ1) is 12.8. The number of rotatable bonds is 6. The molecule has 0 unspecified atom stereocenters. The second kappa shape index (κ2) is 5.75. The molecule has 0 aliphatic rings. The molecule has 0 saturated heterocycles. The molecule has 1 heterocycles. The highest BCUT2D eigenvalue weighted by molar-refractivity contribution is 7.90. The van der Waals surface area contributed by atoms with E-state index in [9.17, 15) is 13.2 Å². The van der Waals surface area contributed by atoms with Crippen LogP contribution >= 0.6 is 0 Å². The molecule has 0 amide bonds. The summed E-state index contributed by atoms with van der Waals surface area (Å²) in [6.45, 7) is 0. The summed E-state index contributed by atoms with van der Waals surface area (Å²) in [6, 6.07) is 3.70. The average molecular weight is 241 g/mol. The maximum Gasteiger partial charge on any atom is 0.147 e. The minimum atomic E-state index is -3.03. The molecule has 88 valence electrons. The van der Waals surface area contributed by atoms with Gasteiger partial charge in [0.1, 0.15) is 15.6 Å². The Morgan fingerprint density at radius 3 is 2.44 bits per heavy atom. The van der Waals surface area contributed by atoms with Crippen molar-refractivity contribution in [3.8, 4) is 0 Å². The number of sulfone groups is 1. The molecule has 0 aliphatic heterocycles. The summed E-state index contributed by atoms with van der Waals surface area (Å²) in [5, 5.41) is 0. The van der Waals surface area contributed by atoms with Gasteiger partial charge in [-0.25, -0.2) is 8.42 Å². The monoisotopic (exact) mass is 241 g/mol. The number of hydrogen-bond acceptors (Lipinski definition) is 4. The Labute approximate surface area is 95.6 Å². The smallest absolute Gasteiger partial charge is 0.147 e. The standard InChI is InChI=1S/C11H15NO3S/c1-16(14,15)9-6-11(13)3-2-10-4-7-12-8-5-10/h4-5,7-8H,2-3,6,9H2,1H3. The van der Waals surface area contributed by atoms with Crippen molar-refractivity contribution in [1.29, 1.82) is 0 Å². The van der Waals surface area contributed by atoms with Gasteiger partial charge in [0.15, 0.2) is 0 Å². The topological polar surface area (TPSA) is 64.1 Å². The lowest BCUT2D eigenvalue weighted by Gasteiger charge is -2.00. The molecule has 1 rings (SSSR count). The Morgan fingerprint density at radius 2 is 1.88 bits per heavy atom. The lowest BCUT2D eigenvalue weighted by Crippen LogP contribution is -2.09. The van der Waals surface area contributed by atoms with Crippen molar-refractivity contribution >= 4 is 15.6 Å². The molecule has 1 aromatic rings. The van der Waals surface area contributed by atoms with Crippen LogP contribution in [0.25, 0.3) is 0 Å². The van der Waals surface area contributed by atoms with Gasteiger partial charge in [0.25, 0.3) is 0 Å². The second-order valence-electron chi connectivity index (χ2n) is 3.77. The first-order valence-electron chi connectivity index (χ1n) is 5.06. The van der Waals surface area contributed by atoms with Crippen LogP contribution in [0, 0.1) is 0 Å². The number of hydrogen-bond donors (Lipinski definition) is 0. The molecule has 0 atom stereocenters. The van der Waals surface area contributed by atoms with E-state index in [0.29, 0.717) is 12.8 Å². The summed E-state index contributed by atoms with van der Waals surface area (Å²) in [6.07, 6.45) is 5.64. The van der Waals surface area contributed by atoms with Gasteiger partial charge in [-0.2, -0.15) is 0 Å². The van der Waals surface area contributed by atoms with E-state index >= 15 is 0 Å². The summed E-state index contributed by atoms with van der Waals surface area (Å²) in [5.41, 5.74) is 1.04. The van der Waals surface area contributed by atoms with Crippen molar-refractivity contribution in [3.63, 3.8) is 0 Å². The minimum absolute atomic E-state index is 0.0118. The summed E-state index contributed by atoms with van der Waals surface area (Å²) in [4.78, 5) is 15.3. The van der Waals surface area contributed by atoms with E-state index in [-0.39, 0.29) is 18.0 Å². The van der Waals surface area contributed by atoms with Crippen molar-refractivity contribution in [2.45, 2.75) is 19.3 Å². The normalized spacial score (nSPS) is 11.3. The van der Waals surface area contributed by atoms with Crippen LogP contribution in [0.5, 0.6) is 0 Å². The number of Topliss-reactive ketones (excluding diaryl/α,β-unsaturated/α-hetero) is 1. The quantitative estimate of drug-likeness (QED) is 0.746. The molecule has 4 nitrogen and oxygen atoms in total. The van der Waals surface area contributed by atoms with Crippen LogP contribution in [-0.4, -0.2) is 31.2 Å². The number of ketones is 1. The largest absolute Gasteiger partial charge is 0.300 e. The van der Waals surface area contributed by atoms with E-state index < -0.39 is 9.84 Å².